The van der Waals surface area contributed by atoms with E-state index in [1.165, 1.54) is 0 Å². The van der Waals surface area contributed by atoms with Gasteiger partial charge in [-0.15, -0.1) is 0 Å². The minimum absolute atomic E-state index is 0.144. The van der Waals surface area contributed by atoms with Crippen LogP contribution in [0.4, 0.5) is 5.82 Å². The Hall–Kier alpha value is -1.90. The normalized spacial score (nSPS) is 15.9. The first-order valence-electron chi connectivity index (χ1n) is 8.31. The van der Waals surface area contributed by atoms with Gasteiger partial charge in [0.2, 0.25) is 0 Å². The molecule has 25 heavy (non-hydrogen) atoms. The third-order valence-corrected chi connectivity index (χ3v) is 5.31. The summed E-state index contributed by atoms with van der Waals surface area (Å²) in [5, 5.41) is 9.47. The number of amides is 2. The molecule has 0 spiro atoms. The van der Waals surface area contributed by atoms with Crippen molar-refractivity contribution in [2.24, 2.45) is 5.92 Å². The highest BCUT2D eigenvalue weighted by Gasteiger charge is 2.35. The molecule has 0 aliphatic carbocycles. The van der Waals surface area contributed by atoms with E-state index in [1.807, 2.05) is 34.6 Å². The fourth-order valence-corrected chi connectivity index (χ4v) is 4.07. The minimum Gasteiger partial charge on any atom is -0.348 e. The van der Waals surface area contributed by atoms with Crippen LogP contribution in [0, 0.1) is 5.92 Å². The number of nitrogens with zero attached hydrogens (tertiary/aromatic N) is 2. The number of carbonyl (C=O) groups is 2. The van der Waals surface area contributed by atoms with Crippen molar-refractivity contribution in [2.45, 2.75) is 58.1 Å². The molecule has 0 unspecified atom stereocenters. The standard InChI is InChI=1S/C16H26N4O4S/c1-10(2)6-7-17-14(21)15(22)18-13-11-8-25(23,24)9-12(11)19-20(13)16(3,4)5/h10H,6-9H2,1-5H3,(H,17,21)(H,18,22). The third-order valence-electron chi connectivity index (χ3n) is 3.87. The number of sulfone groups is 1. The van der Waals surface area contributed by atoms with Crippen molar-refractivity contribution in [2.75, 3.05) is 11.9 Å². The Morgan fingerprint density at radius 3 is 2.40 bits per heavy atom. The van der Waals surface area contributed by atoms with Gasteiger partial charge in [0.15, 0.2) is 9.84 Å². The molecule has 1 aromatic heterocycles. The number of carbonyl (C=O) groups excluding carboxylic acids is 2. The number of hydrogen-bond donors (Lipinski definition) is 2. The van der Waals surface area contributed by atoms with Gasteiger partial charge in [0.1, 0.15) is 5.82 Å². The van der Waals surface area contributed by atoms with Gasteiger partial charge in [0, 0.05) is 12.1 Å². The van der Waals surface area contributed by atoms with Crippen molar-refractivity contribution in [1.82, 2.24) is 15.1 Å². The minimum atomic E-state index is -3.25. The molecule has 2 heterocycles. The highest BCUT2D eigenvalue weighted by molar-refractivity contribution is 7.90. The Bertz CT molecular complexity index is 788. The lowest BCUT2D eigenvalue weighted by Gasteiger charge is -2.23. The summed E-state index contributed by atoms with van der Waals surface area (Å²) >= 11 is 0. The molecule has 2 N–H and O–H groups in total. The van der Waals surface area contributed by atoms with E-state index in [0.717, 1.165) is 6.42 Å². The maximum absolute atomic E-state index is 12.2. The molecule has 9 heteroatoms. The average molecular weight is 370 g/mol. The largest absolute Gasteiger partial charge is 0.348 e. The van der Waals surface area contributed by atoms with Gasteiger partial charge in [-0.2, -0.15) is 5.10 Å². The molecule has 2 rings (SSSR count). The highest BCUT2D eigenvalue weighted by atomic mass is 32.2. The molecular weight excluding hydrogens is 344 g/mol. The maximum Gasteiger partial charge on any atom is 0.314 e. The predicted molar refractivity (Wildman–Crippen MR) is 94.6 cm³/mol. The summed E-state index contributed by atoms with van der Waals surface area (Å²) in [6.45, 7) is 10.1. The van der Waals surface area contributed by atoms with Crippen LogP contribution in [-0.4, -0.2) is 36.6 Å². The summed E-state index contributed by atoms with van der Waals surface area (Å²) in [6, 6.07) is 0. The first-order chi connectivity index (χ1) is 11.4. The summed E-state index contributed by atoms with van der Waals surface area (Å²) in [6.07, 6.45) is 0.770. The van der Waals surface area contributed by atoms with Gasteiger partial charge in [0.05, 0.1) is 22.7 Å². The first-order valence-corrected chi connectivity index (χ1v) is 10.1. The smallest absolute Gasteiger partial charge is 0.314 e. The van der Waals surface area contributed by atoms with E-state index in [0.29, 0.717) is 23.7 Å². The van der Waals surface area contributed by atoms with Crippen LogP contribution in [0.3, 0.4) is 0 Å². The molecule has 8 nitrogen and oxygen atoms in total. The quantitative estimate of drug-likeness (QED) is 0.773. The third kappa shape index (κ3) is 4.59. The Labute approximate surface area is 148 Å². The summed E-state index contributed by atoms with van der Waals surface area (Å²) in [7, 11) is -3.25. The highest BCUT2D eigenvalue weighted by Crippen LogP contribution is 2.34. The van der Waals surface area contributed by atoms with Crippen molar-refractivity contribution in [3.63, 3.8) is 0 Å². The fraction of sp³-hybridized carbons (Fsp3) is 0.688. The lowest BCUT2D eigenvalue weighted by molar-refractivity contribution is -0.136. The Balaban J connectivity index is 2.21. The Morgan fingerprint density at radius 2 is 1.84 bits per heavy atom. The van der Waals surface area contributed by atoms with E-state index in [1.54, 1.807) is 4.68 Å². The van der Waals surface area contributed by atoms with E-state index in [9.17, 15) is 18.0 Å². The molecule has 2 amide bonds. The van der Waals surface area contributed by atoms with Gasteiger partial charge in [-0.3, -0.25) is 9.59 Å². The Morgan fingerprint density at radius 1 is 1.20 bits per heavy atom. The predicted octanol–water partition coefficient (Wildman–Crippen LogP) is 1.17. The molecule has 0 bridgehead atoms. The lowest BCUT2D eigenvalue weighted by Crippen LogP contribution is -2.38. The average Bonchev–Trinajstić information content (AvgIpc) is 2.91. The SMILES string of the molecule is CC(C)CCNC(=O)C(=O)Nc1c2c(nn1C(C)(C)C)CS(=O)(=O)C2. The van der Waals surface area contributed by atoms with Crippen molar-refractivity contribution in [3.8, 4) is 0 Å². The summed E-state index contributed by atoms with van der Waals surface area (Å²) < 4.78 is 25.3. The van der Waals surface area contributed by atoms with Gasteiger partial charge in [-0.05, 0) is 33.1 Å². The molecular formula is C16H26N4O4S. The topological polar surface area (TPSA) is 110 Å². The molecule has 0 aromatic carbocycles. The number of hydrogen-bond acceptors (Lipinski definition) is 5. The van der Waals surface area contributed by atoms with Crippen molar-refractivity contribution < 1.29 is 18.0 Å². The molecule has 140 valence electrons. The van der Waals surface area contributed by atoms with Crippen LogP contribution in [0.1, 0.15) is 52.3 Å². The number of aromatic nitrogens is 2. The maximum atomic E-state index is 12.2. The van der Waals surface area contributed by atoms with Crippen LogP contribution in [-0.2, 0) is 36.5 Å². The summed E-state index contributed by atoms with van der Waals surface area (Å²) in [5.41, 5.74) is 0.439. The molecule has 1 aliphatic heterocycles. The summed E-state index contributed by atoms with van der Waals surface area (Å²) in [4.78, 5) is 24.2. The monoisotopic (exact) mass is 370 g/mol. The van der Waals surface area contributed by atoms with Crippen LogP contribution in [0.15, 0.2) is 0 Å². The van der Waals surface area contributed by atoms with Gasteiger partial charge in [-0.25, -0.2) is 13.1 Å². The Kier molecular flexibility index (Phi) is 5.27. The van der Waals surface area contributed by atoms with Crippen LogP contribution >= 0.6 is 0 Å². The summed E-state index contributed by atoms with van der Waals surface area (Å²) in [5.74, 6) is -1.18. The van der Waals surface area contributed by atoms with Crippen LogP contribution < -0.4 is 10.6 Å². The van der Waals surface area contributed by atoms with Crippen LogP contribution in [0.2, 0.25) is 0 Å². The van der Waals surface area contributed by atoms with E-state index in [2.05, 4.69) is 15.7 Å². The lowest BCUT2D eigenvalue weighted by atomic mass is 10.1. The van der Waals surface area contributed by atoms with Gasteiger partial charge >= 0.3 is 11.8 Å². The zero-order chi connectivity index (χ0) is 19.0. The van der Waals surface area contributed by atoms with E-state index in [4.69, 9.17) is 0 Å². The van der Waals surface area contributed by atoms with Gasteiger partial charge < -0.3 is 10.6 Å². The van der Waals surface area contributed by atoms with Crippen molar-refractivity contribution in [3.05, 3.63) is 11.3 Å². The van der Waals surface area contributed by atoms with Crippen LogP contribution in [0.25, 0.3) is 0 Å². The molecule has 0 radical (unpaired) electrons. The van der Waals surface area contributed by atoms with E-state index in [-0.39, 0.29) is 17.3 Å². The second-order valence-electron chi connectivity index (χ2n) is 7.78. The van der Waals surface area contributed by atoms with Crippen molar-refractivity contribution >= 4 is 27.5 Å². The van der Waals surface area contributed by atoms with E-state index >= 15 is 0 Å². The molecule has 0 fully saturated rings. The van der Waals surface area contributed by atoms with Crippen LogP contribution in [0.5, 0.6) is 0 Å². The number of rotatable bonds is 4. The zero-order valence-corrected chi connectivity index (χ0v) is 16.2. The van der Waals surface area contributed by atoms with E-state index < -0.39 is 27.2 Å². The second kappa shape index (κ2) is 6.78. The first kappa shape index (κ1) is 19.4. The number of nitrogens with one attached hydrogen (secondary N) is 2. The molecule has 1 aliphatic rings. The number of fused-ring (bicyclic) bond motifs is 1. The fourth-order valence-electron chi connectivity index (χ4n) is 2.58. The van der Waals surface area contributed by atoms with Crippen molar-refractivity contribution in [1.29, 1.82) is 0 Å². The molecule has 0 saturated heterocycles. The van der Waals surface area contributed by atoms with Gasteiger partial charge in [-0.1, -0.05) is 13.8 Å². The second-order valence-corrected chi connectivity index (χ2v) is 9.85. The molecule has 1 aromatic rings. The zero-order valence-electron chi connectivity index (χ0n) is 15.3. The van der Waals surface area contributed by atoms with Gasteiger partial charge in [0.25, 0.3) is 0 Å². The molecule has 0 atom stereocenters. The number of anilines is 1. The molecule has 0 saturated carbocycles.